The fraction of sp³-hybridized carbons (Fsp3) is 0.500. The molecule has 0 radical (unpaired) electrons. The Balaban J connectivity index is 0.00000264. The van der Waals surface area contributed by atoms with Gasteiger partial charge in [0, 0.05) is 18.7 Å². The minimum atomic E-state index is -0.717. The quantitative estimate of drug-likeness (QED) is 0.688. The van der Waals surface area contributed by atoms with E-state index in [2.05, 4.69) is 10.6 Å². The van der Waals surface area contributed by atoms with E-state index in [1.165, 1.54) is 18.2 Å². The van der Waals surface area contributed by atoms with Crippen LogP contribution < -0.4 is 16.4 Å². The van der Waals surface area contributed by atoms with Gasteiger partial charge in [-0.05, 0) is 37.5 Å². The van der Waals surface area contributed by atoms with Crippen molar-refractivity contribution in [3.63, 3.8) is 0 Å². The monoisotopic (exact) mass is 343 g/mol. The maximum absolute atomic E-state index is 13.0. The SMILES string of the molecule is Cl.NC1(C(=O)NCCCNC(=O)c2cccc(F)c2)CCCC1. The minimum Gasteiger partial charge on any atom is -0.354 e. The van der Waals surface area contributed by atoms with Gasteiger partial charge >= 0.3 is 0 Å². The Hall–Kier alpha value is -1.66. The lowest BCUT2D eigenvalue weighted by Gasteiger charge is -2.22. The second kappa shape index (κ2) is 8.84. The highest BCUT2D eigenvalue weighted by Gasteiger charge is 2.36. The molecule has 23 heavy (non-hydrogen) atoms. The molecule has 2 amide bonds. The molecule has 0 aromatic heterocycles. The van der Waals surface area contributed by atoms with Crippen molar-refractivity contribution in [2.45, 2.75) is 37.6 Å². The van der Waals surface area contributed by atoms with E-state index in [1.54, 1.807) is 6.07 Å². The third-order valence-electron chi connectivity index (χ3n) is 3.96. The average molecular weight is 344 g/mol. The van der Waals surface area contributed by atoms with Gasteiger partial charge in [0.05, 0.1) is 5.54 Å². The summed E-state index contributed by atoms with van der Waals surface area (Å²) in [6.07, 6.45) is 4.05. The average Bonchev–Trinajstić information content (AvgIpc) is 2.94. The highest BCUT2D eigenvalue weighted by atomic mass is 35.5. The Morgan fingerprint density at radius 1 is 1.17 bits per heavy atom. The first-order chi connectivity index (χ1) is 10.5. The molecule has 0 unspecified atom stereocenters. The molecule has 4 N–H and O–H groups in total. The van der Waals surface area contributed by atoms with E-state index >= 15 is 0 Å². The summed E-state index contributed by atoms with van der Waals surface area (Å²) in [5, 5.41) is 5.50. The topological polar surface area (TPSA) is 84.2 Å². The summed E-state index contributed by atoms with van der Waals surface area (Å²) in [4.78, 5) is 23.7. The third kappa shape index (κ3) is 5.48. The van der Waals surface area contributed by atoms with Crippen LogP contribution in [-0.2, 0) is 4.79 Å². The summed E-state index contributed by atoms with van der Waals surface area (Å²) in [6, 6.07) is 5.53. The van der Waals surface area contributed by atoms with Crippen molar-refractivity contribution in [3.05, 3.63) is 35.6 Å². The van der Waals surface area contributed by atoms with Gasteiger partial charge in [0.2, 0.25) is 5.91 Å². The minimum absolute atomic E-state index is 0. The number of carbonyl (C=O) groups is 2. The maximum Gasteiger partial charge on any atom is 0.251 e. The molecule has 1 fully saturated rings. The van der Waals surface area contributed by atoms with Crippen molar-refractivity contribution in [3.8, 4) is 0 Å². The van der Waals surface area contributed by atoms with E-state index < -0.39 is 11.4 Å². The number of nitrogens with two attached hydrogens (primary N) is 1. The molecule has 1 aromatic carbocycles. The number of hydrogen-bond acceptors (Lipinski definition) is 3. The molecule has 5 nitrogen and oxygen atoms in total. The van der Waals surface area contributed by atoms with Crippen molar-refractivity contribution in [1.29, 1.82) is 0 Å². The number of carbonyl (C=O) groups excluding carboxylic acids is 2. The first-order valence-corrected chi connectivity index (χ1v) is 7.62. The Kier molecular flexibility index (Phi) is 7.45. The molecule has 128 valence electrons. The molecule has 0 saturated heterocycles. The van der Waals surface area contributed by atoms with Gasteiger partial charge in [-0.15, -0.1) is 12.4 Å². The van der Waals surface area contributed by atoms with Crippen molar-refractivity contribution < 1.29 is 14.0 Å². The lowest BCUT2D eigenvalue weighted by molar-refractivity contribution is -0.126. The molecule has 0 heterocycles. The van der Waals surface area contributed by atoms with Crippen LogP contribution in [0.5, 0.6) is 0 Å². The molecule has 1 saturated carbocycles. The highest BCUT2D eigenvalue weighted by Crippen LogP contribution is 2.27. The van der Waals surface area contributed by atoms with Gasteiger partial charge in [-0.3, -0.25) is 9.59 Å². The van der Waals surface area contributed by atoms with Crippen LogP contribution in [0.4, 0.5) is 4.39 Å². The molecular weight excluding hydrogens is 321 g/mol. The third-order valence-corrected chi connectivity index (χ3v) is 3.96. The zero-order valence-electron chi connectivity index (χ0n) is 12.9. The molecule has 7 heteroatoms. The van der Waals surface area contributed by atoms with Crippen molar-refractivity contribution in [2.24, 2.45) is 5.73 Å². The van der Waals surface area contributed by atoms with Crippen LogP contribution >= 0.6 is 12.4 Å². The largest absolute Gasteiger partial charge is 0.354 e. The van der Waals surface area contributed by atoms with E-state index in [-0.39, 0.29) is 29.8 Å². The second-order valence-electron chi connectivity index (χ2n) is 5.74. The molecule has 2 rings (SSSR count). The molecule has 0 atom stereocenters. The van der Waals surface area contributed by atoms with E-state index in [9.17, 15) is 14.0 Å². The lowest BCUT2D eigenvalue weighted by Crippen LogP contribution is -2.52. The van der Waals surface area contributed by atoms with Gasteiger partial charge in [-0.1, -0.05) is 18.9 Å². The van der Waals surface area contributed by atoms with Gasteiger partial charge in [-0.25, -0.2) is 4.39 Å². The van der Waals surface area contributed by atoms with Crippen molar-refractivity contribution >= 4 is 24.2 Å². The maximum atomic E-state index is 13.0. The number of amides is 2. The number of rotatable bonds is 6. The van der Waals surface area contributed by atoms with E-state index in [1.807, 2.05) is 0 Å². The predicted molar refractivity (Wildman–Crippen MR) is 89.0 cm³/mol. The summed E-state index contributed by atoms with van der Waals surface area (Å²) in [5.74, 6) is -0.872. The first kappa shape index (κ1) is 19.4. The molecular formula is C16H23ClFN3O2. The van der Waals surface area contributed by atoms with Gasteiger partial charge in [0.15, 0.2) is 0 Å². The molecule has 0 bridgehead atoms. The number of hydrogen-bond donors (Lipinski definition) is 3. The van der Waals surface area contributed by atoms with Gasteiger partial charge < -0.3 is 16.4 Å². The lowest BCUT2D eigenvalue weighted by atomic mass is 9.98. The zero-order valence-corrected chi connectivity index (χ0v) is 13.8. The van der Waals surface area contributed by atoms with Gasteiger partial charge in [0.1, 0.15) is 5.82 Å². The van der Waals surface area contributed by atoms with Crippen molar-refractivity contribution in [2.75, 3.05) is 13.1 Å². The number of halogens is 2. The molecule has 1 aliphatic rings. The van der Waals surface area contributed by atoms with Gasteiger partial charge in [0.25, 0.3) is 5.91 Å². The van der Waals surface area contributed by atoms with E-state index in [4.69, 9.17) is 5.73 Å². The Morgan fingerprint density at radius 2 is 1.83 bits per heavy atom. The van der Waals surface area contributed by atoms with Crippen LogP contribution in [0.3, 0.4) is 0 Å². The fourth-order valence-corrected chi connectivity index (χ4v) is 2.63. The summed E-state index contributed by atoms with van der Waals surface area (Å²) >= 11 is 0. The van der Waals surface area contributed by atoms with Crippen LogP contribution in [0.25, 0.3) is 0 Å². The molecule has 1 aliphatic carbocycles. The first-order valence-electron chi connectivity index (χ1n) is 7.62. The molecule has 1 aromatic rings. The van der Waals surface area contributed by atoms with Crippen LogP contribution in [0.15, 0.2) is 24.3 Å². The van der Waals surface area contributed by atoms with Crippen LogP contribution in [0, 0.1) is 5.82 Å². The second-order valence-corrected chi connectivity index (χ2v) is 5.74. The molecule has 0 aliphatic heterocycles. The van der Waals surface area contributed by atoms with E-state index in [0.29, 0.717) is 19.5 Å². The predicted octanol–water partition coefficient (Wildman–Crippen LogP) is 1.76. The molecule has 0 spiro atoms. The highest BCUT2D eigenvalue weighted by molar-refractivity contribution is 5.94. The Labute approximate surface area is 141 Å². The summed E-state index contributed by atoms with van der Waals surface area (Å²) in [5.41, 5.74) is 5.61. The van der Waals surface area contributed by atoms with Crippen LogP contribution in [-0.4, -0.2) is 30.4 Å². The summed E-state index contributed by atoms with van der Waals surface area (Å²) in [6.45, 7) is 0.869. The van der Waals surface area contributed by atoms with Crippen molar-refractivity contribution in [1.82, 2.24) is 10.6 Å². The summed E-state index contributed by atoms with van der Waals surface area (Å²) in [7, 11) is 0. The summed E-state index contributed by atoms with van der Waals surface area (Å²) < 4.78 is 13.0. The Morgan fingerprint density at radius 3 is 2.48 bits per heavy atom. The zero-order chi connectivity index (χ0) is 16.0. The Bertz CT molecular complexity index is 548. The smallest absolute Gasteiger partial charge is 0.251 e. The normalized spacial score (nSPS) is 15.6. The van der Waals surface area contributed by atoms with Gasteiger partial charge in [-0.2, -0.15) is 0 Å². The van der Waals surface area contributed by atoms with E-state index in [0.717, 1.165) is 25.7 Å². The van der Waals surface area contributed by atoms with Crippen LogP contribution in [0.2, 0.25) is 0 Å². The van der Waals surface area contributed by atoms with Crippen LogP contribution in [0.1, 0.15) is 42.5 Å². The standard InChI is InChI=1S/C16H22FN3O2.ClH/c17-13-6-3-5-12(11-13)14(21)19-9-4-10-20-15(22)16(18)7-1-2-8-16;/h3,5-6,11H,1-2,4,7-10,18H2,(H,19,21)(H,20,22);1H. The number of benzene rings is 1. The fourth-order valence-electron chi connectivity index (χ4n) is 2.63. The number of nitrogens with one attached hydrogen (secondary N) is 2.